The van der Waals surface area contributed by atoms with E-state index in [0.717, 1.165) is 11.1 Å². The molecule has 0 aliphatic heterocycles. The van der Waals surface area contributed by atoms with Crippen LogP contribution in [0.25, 0.3) is 11.1 Å². The second-order valence-corrected chi connectivity index (χ2v) is 7.45. The minimum Gasteiger partial charge on any atom is -0.481 e. The second-order valence-electron chi connectivity index (χ2n) is 7.45. The lowest BCUT2D eigenvalue weighted by molar-refractivity contribution is -0.138. The molecule has 2 saturated carbocycles. The smallest absolute Gasteiger partial charge is 0.307 e. The monoisotopic (exact) mass is 338 g/mol. The van der Waals surface area contributed by atoms with Gasteiger partial charge in [0.25, 0.3) is 0 Å². The molecule has 0 radical (unpaired) electrons. The van der Waals surface area contributed by atoms with Crippen LogP contribution in [0.15, 0.2) is 42.5 Å². The molecule has 2 aromatic rings. The predicted molar refractivity (Wildman–Crippen MR) is 96.1 cm³/mol. The molecule has 2 atom stereocenters. The molecular formula is C22H23FO2. The predicted octanol–water partition coefficient (Wildman–Crippen LogP) is 5.73. The highest BCUT2D eigenvalue weighted by atomic mass is 19.1. The third kappa shape index (κ3) is 3.20. The minimum absolute atomic E-state index is 0.0683. The van der Waals surface area contributed by atoms with Crippen LogP contribution in [0.1, 0.15) is 61.5 Å². The van der Waals surface area contributed by atoms with Crippen molar-refractivity contribution < 1.29 is 14.3 Å². The maximum atomic E-state index is 14.6. The Morgan fingerprint density at radius 3 is 2.36 bits per heavy atom. The van der Waals surface area contributed by atoms with Gasteiger partial charge < -0.3 is 5.11 Å². The largest absolute Gasteiger partial charge is 0.481 e. The van der Waals surface area contributed by atoms with E-state index in [1.54, 1.807) is 6.07 Å². The quantitative estimate of drug-likeness (QED) is 0.773. The maximum absolute atomic E-state index is 14.6. The Hall–Kier alpha value is -2.16. The van der Waals surface area contributed by atoms with E-state index in [1.165, 1.54) is 43.7 Å². The van der Waals surface area contributed by atoms with E-state index < -0.39 is 5.97 Å². The van der Waals surface area contributed by atoms with Crippen molar-refractivity contribution in [3.05, 3.63) is 59.4 Å². The third-order valence-corrected chi connectivity index (χ3v) is 5.83. The summed E-state index contributed by atoms with van der Waals surface area (Å²) in [5.41, 5.74) is 3.60. The van der Waals surface area contributed by atoms with E-state index in [2.05, 4.69) is 12.1 Å². The first kappa shape index (κ1) is 16.3. The van der Waals surface area contributed by atoms with Crippen LogP contribution < -0.4 is 0 Å². The van der Waals surface area contributed by atoms with Crippen LogP contribution in [0.2, 0.25) is 0 Å². The van der Waals surface area contributed by atoms with E-state index in [4.69, 9.17) is 0 Å². The fourth-order valence-electron chi connectivity index (χ4n) is 4.32. The standard InChI is InChI=1S/C22H23FO2/c23-20-8-4-7-17(18-13-19(18)22(24)25)21(20)16-11-9-15(10-12-16)14-5-2-1-3-6-14/h4,7-12,14,18-19H,1-3,5-6,13H2,(H,24,25). The van der Waals surface area contributed by atoms with E-state index in [1.807, 2.05) is 18.2 Å². The SMILES string of the molecule is O=C(O)C1CC1c1cccc(F)c1-c1ccc(C2CCCCC2)cc1. The molecule has 2 aliphatic rings. The van der Waals surface area contributed by atoms with E-state index >= 15 is 0 Å². The van der Waals surface area contributed by atoms with Crippen molar-refractivity contribution >= 4 is 5.97 Å². The number of aliphatic carboxylic acids is 1. The number of carboxylic acid groups (broad SMARTS) is 1. The van der Waals surface area contributed by atoms with Gasteiger partial charge in [0.2, 0.25) is 0 Å². The summed E-state index contributed by atoms with van der Waals surface area (Å²) in [4.78, 5) is 11.2. The molecule has 0 bridgehead atoms. The average Bonchev–Trinajstić information content (AvgIpc) is 3.43. The number of hydrogen-bond acceptors (Lipinski definition) is 1. The van der Waals surface area contributed by atoms with Crippen LogP contribution in [0.4, 0.5) is 4.39 Å². The summed E-state index contributed by atoms with van der Waals surface area (Å²) in [6.07, 6.45) is 7.01. The maximum Gasteiger partial charge on any atom is 0.307 e. The Morgan fingerprint density at radius 2 is 1.72 bits per heavy atom. The fraction of sp³-hybridized carbons (Fsp3) is 0.409. The van der Waals surface area contributed by atoms with Gasteiger partial charge in [-0.15, -0.1) is 0 Å². The highest BCUT2D eigenvalue weighted by Crippen LogP contribution is 2.51. The van der Waals surface area contributed by atoms with Gasteiger partial charge in [-0.25, -0.2) is 4.39 Å². The van der Waals surface area contributed by atoms with Crippen LogP contribution in [0, 0.1) is 11.7 Å². The van der Waals surface area contributed by atoms with Gasteiger partial charge in [-0.05, 0) is 53.9 Å². The highest BCUT2D eigenvalue weighted by molar-refractivity contribution is 5.78. The van der Waals surface area contributed by atoms with Gasteiger partial charge in [0.15, 0.2) is 0 Å². The third-order valence-electron chi connectivity index (χ3n) is 5.83. The number of hydrogen-bond donors (Lipinski definition) is 1. The van der Waals surface area contributed by atoms with Crippen molar-refractivity contribution in [2.24, 2.45) is 5.92 Å². The van der Waals surface area contributed by atoms with E-state index in [-0.39, 0.29) is 17.7 Å². The zero-order chi connectivity index (χ0) is 17.4. The van der Waals surface area contributed by atoms with Crippen LogP contribution in [-0.2, 0) is 4.79 Å². The van der Waals surface area contributed by atoms with Crippen LogP contribution in [0.5, 0.6) is 0 Å². The molecule has 2 nitrogen and oxygen atoms in total. The van der Waals surface area contributed by atoms with Crippen LogP contribution >= 0.6 is 0 Å². The molecule has 0 amide bonds. The summed E-state index contributed by atoms with van der Waals surface area (Å²) in [6, 6.07) is 13.3. The van der Waals surface area contributed by atoms with Crippen molar-refractivity contribution in [3.8, 4) is 11.1 Å². The number of halogens is 1. The first-order valence-corrected chi connectivity index (χ1v) is 9.26. The summed E-state index contributed by atoms with van der Waals surface area (Å²) >= 11 is 0. The Bertz CT molecular complexity index is 775. The van der Waals surface area contributed by atoms with Crippen molar-refractivity contribution in [2.75, 3.05) is 0 Å². The molecule has 4 rings (SSSR count). The molecule has 2 aromatic carbocycles. The van der Waals surface area contributed by atoms with Gasteiger partial charge in [0.05, 0.1) is 5.92 Å². The topological polar surface area (TPSA) is 37.3 Å². The van der Waals surface area contributed by atoms with Crippen molar-refractivity contribution in [3.63, 3.8) is 0 Å². The van der Waals surface area contributed by atoms with Gasteiger partial charge in [0, 0.05) is 5.56 Å². The molecule has 2 fully saturated rings. The molecule has 2 unspecified atom stereocenters. The molecule has 2 aliphatic carbocycles. The van der Waals surface area contributed by atoms with Crippen molar-refractivity contribution in [2.45, 2.75) is 50.4 Å². The number of carboxylic acids is 1. The molecule has 130 valence electrons. The van der Waals surface area contributed by atoms with E-state index in [9.17, 15) is 14.3 Å². The van der Waals surface area contributed by atoms with Gasteiger partial charge in [0.1, 0.15) is 5.82 Å². The second kappa shape index (κ2) is 6.62. The molecule has 0 saturated heterocycles. The van der Waals surface area contributed by atoms with Gasteiger partial charge in [-0.2, -0.15) is 0 Å². The first-order chi connectivity index (χ1) is 12.1. The summed E-state index contributed by atoms with van der Waals surface area (Å²) < 4.78 is 14.6. The lowest BCUT2D eigenvalue weighted by atomic mass is 9.83. The first-order valence-electron chi connectivity index (χ1n) is 9.26. The summed E-state index contributed by atoms with van der Waals surface area (Å²) in [5.74, 6) is -0.863. The lowest BCUT2D eigenvalue weighted by Gasteiger charge is -2.22. The Labute approximate surface area is 147 Å². The molecule has 1 N–H and O–H groups in total. The number of benzene rings is 2. The van der Waals surface area contributed by atoms with Gasteiger partial charge in [-0.3, -0.25) is 4.79 Å². The van der Waals surface area contributed by atoms with E-state index in [0.29, 0.717) is 17.9 Å². The van der Waals surface area contributed by atoms with Crippen molar-refractivity contribution in [1.29, 1.82) is 0 Å². The Kier molecular flexibility index (Phi) is 4.32. The molecule has 0 spiro atoms. The van der Waals surface area contributed by atoms with Crippen LogP contribution in [-0.4, -0.2) is 11.1 Å². The Morgan fingerprint density at radius 1 is 1.00 bits per heavy atom. The molecular weight excluding hydrogens is 315 g/mol. The summed E-state index contributed by atoms with van der Waals surface area (Å²) in [7, 11) is 0. The minimum atomic E-state index is -0.784. The Balaban J connectivity index is 1.64. The van der Waals surface area contributed by atoms with Gasteiger partial charge >= 0.3 is 5.97 Å². The zero-order valence-electron chi connectivity index (χ0n) is 14.2. The van der Waals surface area contributed by atoms with Crippen molar-refractivity contribution in [1.82, 2.24) is 0 Å². The molecule has 3 heteroatoms. The highest BCUT2D eigenvalue weighted by Gasteiger charge is 2.45. The summed E-state index contributed by atoms with van der Waals surface area (Å²) in [6.45, 7) is 0. The normalized spacial score (nSPS) is 23.4. The van der Waals surface area contributed by atoms with Crippen LogP contribution in [0.3, 0.4) is 0 Å². The molecule has 0 heterocycles. The molecule has 0 aromatic heterocycles. The summed E-state index contributed by atoms with van der Waals surface area (Å²) in [5, 5.41) is 9.20. The number of carbonyl (C=O) groups is 1. The number of rotatable bonds is 4. The zero-order valence-corrected chi connectivity index (χ0v) is 14.2. The fourth-order valence-corrected chi connectivity index (χ4v) is 4.32. The molecule has 25 heavy (non-hydrogen) atoms. The average molecular weight is 338 g/mol. The lowest BCUT2D eigenvalue weighted by Crippen LogP contribution is -2.04. The van der Waals surface area contributed by atoms with Gasteiger partial charge in [-0.1, -0.05) is 55.7 Å².